The quantitative estimate of drug-likeness (QED) is 0.361. The molecule has 0 aliphatic carbocycles. The van der Waals surface area contributed by atoms with Gasteiger partial charge in [0.25, 0.3) is 5.91 Å². The average Bonchev–Trinajstić information content (AvgIpc) is 3.35. The smallest absolute Gasteiger partial charge is 0.338 e. The number of aromatic nitrogens is 2. The van der Waals surface area contributed by atoms with Crippen LogP contribution >= 0.6 is 22.7 Å². The van der Waals surface area contributed by atoms with Crippen LogP contribution in [0.1, 0.15) is 17.3 Å². The van der Waals surface area contributed by atoms with Crippen LogP contribution in [0.15, 0.2) is 34.8 Å². The van der Waals surface area contributed by atoms with E-state index in [0.717, 1.165) is 22.7 Å². The highest BCUT2D eigenvalue weighted by Crippen LogP contribution is 2.20. The molecule has 172 valence electrons. The number of terminal acetylenes is 1. The van der Waals surface area contributed by atoms with Crippen molar-refractivity contribution in [3.63, 3.8) is 0 Å². The summed E-state index contributed by atoms with van der Waals surface area (Å²) in [7, 11) is -4.07. The van der Waals surface area contributed by atoms with Crippen molar-refractivity contribution in [2.45, 2.75) is 13.5 Å². The molecular formula is C20H18N4O6S3. The second-order valence-corrected chi connectivity index (χ2v) is 10.5. The summed E-state index contributed by atoms with van der Waals surface area (Å²) in [5.74, 6) is -1.60. The van der Waals surface area contributed by atoms with Gasteiger partial charge < -0.3 is 14.6 Å². The number of carbonyl (C=O) groups is 3. The summed E-state index contributed by atoms with van der Waals surface area (Å²) in [6.45, 7) is 2.00. The summed E-state index contributed by atoms with van der Waals surface area (Å²) in [5.41, 5.74) is 0.952. The fourth-order valence-electron chi connectivity index (χ4n) is 2.76. The molecule has 0 aliphatic heterocycles. The van der Waals surface area contributed by atoms with Gasteiger partial charge in [0.15, 0.2) is 19.8 Å². The van der Waals surface area contributed by atoms with E-state index < -0.39 is 39.1 Å². The molecule has 10 nitrogen and oxygen atoms in total. The maximum atomic E-state index is 12.4. The zero-order valence-electron chi connectivity index (χ0n) is 17.3. The van der Waals surface area contributed by atoms with Gasteiger partial charge >= 0.3 is 5.97 Å². The van der Waals surface area contributed by atoms with Gasteiger partial charge in [-0.15, -0.1) is 17.8 Å². The first-order chi connectivity index (χ1) is 15.7. The first-order valence-electron chi connectivity index (χ1n) is 9.43. The molecule has 0 bridgehead atoms. The molecule has 3 aromatic rings. The minimum Gasteiger partial charge on any atom is -0.462 e. The number of amides is 2. The van der Waals surface area contributed by atoms with Gasteiger partial charge in [-0.1, -0.05) is 17.3 Å². The van der Waals surface area contributed by atoms with Crippen LogP contribution in [0.25, 0.3) is 10.2 Å². The van der Waals surface area contributed by atoms with E-state index in [0.29, 0.717) is 15.8 Å². The Hall–Kier alpha value is -3.34. The number of hydrogen-bond acceptors (Lipinski definition) is 9. The van der Waals surface area contributed by atoms with E-state index in [2.05, 4.69) is 21.2 Å². The van der Waals surface area contributed by atoms with Gasteiger partial charge in [-0.05, 0) is 25.1 Å². The summed E-state index contributed by atoms with van der Waals surface area (Å²) in [6.07, 6.45) is 6.89. The van der Waals surface area contributed by atoms with E-state index in [1.807, 2.05) is 0 Å². The summed E-state index contributed by atoms with van der Waals surface area (Å²) in [5, 5.41) is 4.24. The van der Waals surface area contributed by atoms with Gasteiger partial charge in [-0.2, -0.15) is 4.99 Å². The lowest BCUT2D eigenvalue weighted by Gasteiger charge is -2.03. The van der Waals surface area contributed by atoms with Gasteiger partial charge in [-0.3, -0.25) is 9.59 Å². The Morgan fingerprint density at radius 1 is 1.30 bits per heavy atom. The van der Waals surface area contributed by atoms with Gasteiger partial charge in [-0.25, -0.2) is 18.2 Å². The van der Waals surface area contributed by atoms with Crippen molar-refractivity contribution in [1.29, 1.82) is 0 Å². The second kappa shape index (κ2) is 10.5. The highest BCUT2D eigenvalue weighted by Gasteiger charge is 2.22. The molecule has 0 radical (unpaired) electrons. The number of thiazole rings is 2. The third-order valence-corrected chi connectivity index (χ3v) is 7.16. The molecule has 1 aromatic carbocycles. The monoisotopic (exact) mass is 506 g/mol. The third kappa shape index (κ3) is 6.35. The standard InChI is InChI=1S/C20H18N4O6S3/c1-3-8-24-14-6-5-13(18(27)30-4-2)10-15(14)32-20(24)23-17(26)12-33(28,29)11-16(25)22-19-21-7-9-31-19/h1,5-7,9-10H,4,8,11-12H2,2H3,(H,21,22,25). The van der Waals surface area contributed by atoms with E-state index in [4.69, 9.17) is 11.2 Å². The molecule has 0 saturated carbocycles. The number of fused-ring (bicyclic) bond motifs is 1. The van der Waals surface area contributed by atoms with Gasteiger partial charge in [0.2, 0.25) is 5.91 Å². The summed E-state index contributed by atoms with van der Waals surface area (Å²) < 4.78 is 31.8. The Bertz CT molecular complexity index is 1410. The number of carbonyl (C=O) groups excluding carboxylic acids is 3. The van der Waals surface area contributed by atoms with Crippen molar-refractivity contribution in [1.82, 2.24) is 9.55 Å². The lowest BCUT2D eigenvalue weighted by Crippen LogP contribution is -2.28. The van der Waals surface area contributed by atoms with Crippen molar-refractivity contribution in [3.8, 4) is 12.3 Å². The van der Waals surface area contributed by atoms with E-state index >= 15 is 0 Å². The number of hydrogen-bond donors (Lipinski definition) is 1. The normalized spacial score (nSPS) is 11.8. The number of rotatable bonds is 8. The molecule has 2 heterocycles. The number of esters is 1. The molecular weight excluding hydrogens is 488 g/mol. The minimum atomic E-state index is -4.07. The molecule has 0 saturated heterocycles. The van der Waals surface area contributed by atoms with Crippen molar-refractivity contribution in [2.24, 2.45) is 4.99 Å². The van der Waals surface area contributed by atoms with Crippen LogP contribution in [0.5, 0.6) is 0 Å². The molecule has 3 rings (SSSR count). The van der Waals surface area contributed by atoms with Crippen LogP contribution in [0.4, 0.5) is 5.13 Å². The molecule has 13 heteroatoms. The number of benzene rings is 1. The van der Waals surface area contributed by atoms with Crippen LogP contribution in [0.2, 0.25) is 0 Å². The van der Waals surface area contributed by atoms with Crippen LogP contribution in [-0.2, 0) is 30.7 Å². The lowest BCUT2D eigenvalue weighted by atomic mass is 10.2. The Morgan fingerprint density at radius 2 is 2.09 bits per heavy atom. The van der Waals surface area contributed by atoms with Crippen LogP contribution in [0.3, 0.4) is 0 Å². The maximum absolute atomic E-state index is 12.4. The topological polar surface area (TPSA) is 137 Å². The van der Waals surface area contributed by atoms with E-state index in [9.17, 15) is 22.8 Å². The lowest BCUT2D eigenvalue weighted by molar-refractivity contribution is -0.115. The minimum absolute atomic E-state index is 0.0772. The van der Waals surface area contributed by atoms with E-state index in [1.165, 1.54) is 6.20 Å². The largest absolute Gasteiger partial charge is 0.462 e. The van der Waals surface area contributed by atoms with E-state index in [-0.39, 0.29) is 23.1 Å². The molecule has 0 spiro atoms. The molecule has 2 aromatic heterocycles. The molecule has 2 amide bonds. The number of nitrogens with zero attached hydrogens (tertiary/aromatic N) is 3. The van der Waals surface area contributed by atoms with Crippen molar-refractivity contribution in [3.05, 3.63) is 40.1 Å². The number of anilines is 1. The zero-order valence-corrected chi connectivity index (χ0v) is 19.8. The number of sulfone groups is 1. The summed E-state index contributed by atoms with van der Waals surface area (Å²) in [4.78, 5) is 44.2. The van der Waals surface area contributed by atoms with E-state index in [1.54, 1.807) is 35.1 Å². The Labute approximate surface area is 196 Å². The molecule has 33 heavy (non-hydrogen) atoms. The zero-order chi connectivity index (χ0) is 24.0. The Morgan fingerprint density at radius 3 is 2.76 bits per heavy atom. The predicted octanol–water partition coefficient (Wildman–Crippen LogP) is 1.45. The van der Waals surface area contributed by atoms with Crippen LogP contribution < -0.4 is 10.1 Å². The maximum Gasteiger partial charge on any atom is 0.338 e. The van der Waals surface area contributed by atoms with Gasteiger partial charge in [0, 0.05) is 11.6 Å². The molecule has 0 atom stereocenters. The molecule has 0 fully saturated rings. The second-order valence-electron chi connectivity index (χ2n) is 6.50. The van der Waals surface area contributed by atoms with Gasteiger partial charge in [0.1, 0.15) is 11.5 Å². The highest BCUT2D eigenvalue weighted by atomic mass is 32.2. The van der Waals surface area contributed by atoms with Crippen molar-refractivity contribution < 1.29 is 27.5 Å². The molecule has 0 aliphatic rings. The first-order valence-corrected chi connectivity index (χ1v) is 13.0. The molecule has 1 N–H and O–H groups in total. The Balaban J connectivity index is 1.83. The van der Waals surface area contributed by atoms with Crippen molar-refractivity contribution >= 4 is 65.6 Å². The summed E-state index contributed by atoms with van der Waals surface area (Å²) in [6, 6.07) is 4.81. The Kier molecular flexibility index (Phi) is 7.75. The fraction of sp³-hybridized carbons (Fsp3) is 0.250. The van der Waals surface area contributed by atoms with Crippen LogP contribution in [0, 0.1) is 12.3 Å². The van der Waals surface area contributed by atoms with Crippen molar-refractivity contribution in [2.75, 3.05) is 23.4 Å². The summed E-state index contributed by atoms with van der Waals surface area (Å²) >= 11 is 2.21. The average molecular weight is 507 g/mol. The first kappa shape index (κ1) is 24.3. The number of ether oxygens (including phenoxy) is 1. The third-order valence-electron chi connectivity index (χ3n) is 4.04. The SMILES string of the molecule is C#CCn1c(=NC(=O)CS(=O)(=O)CC(=O)Nc2nccs2)sc2cc(C(=O)OCC)ccc21. The highest BCUT2D eigenvalue weighted by molar-refractivity contribution is 7.92. The molecule has 0 unspecified atom stereocenters. The fourth-order valence-corrected chi connectivity index (χ4v) is 5.41. The van der Waals surface area contributed by atoms with Gasteiger partial charge in [0.05, 0.1) is 28.9 Å². The van der Waals surface area contributed by atoms with Crippen LogP contribution in [-0.4, -0.2) is 53.9 Å². The number of nitrogens with one attached hydrogen (secondary N) is 1. The predicted molar refractivity (Wildman–Crippen MR) is 125 cm³/mol.